The Morgan fingerprint density at radius 3 is 2.53 bits per heavy atom. The van der Waals surface area contributed by atoms with Gasteiger partial charge in [-0.15, -0.1) is 0 Å². The lowest BCUT2D eigenvalue weighted by atomic mass is 10.0. The van der Waals surface area contributed by atoms with E-state index in [4.69, 9.17) is 9.47 Å². The van der Waals surface area contributed by atoms with Crippen LogP contribution in [0.25, 0.3) is 22.0 Å². The van der Waals surface area contributed by atoms with E-state index in [1.54, 1.807) is 42.3 Å². The predicted octanol–water partition coefficient (Wildman–Crippen LogP) is 7.44. The van der Waals surface area contributed by atoms with Crippen molar-refractivity contribution in [2.45, 2.75) is 64.8 Å². The summed E-state index contributed by atoms with van der Waals surface area (Å²) in [5, 5.41) is 3.68. The Morgan fingerprint density at radius 2 is 1.80 bits per heavy atom. The number of nitrogens with zero attached hydrogens (tertiary/aromatic N) is 4. The van der Waals surface area contributed by atoms with E-state index in [0.29, 0.717) is 41.2 Å². The van der Waals surface area contributed by atoms with Gasteiger partial charge in [-0.3, -0.25) is 4.72 Å². The lowest BCUT2D eigenvalue weighted by Crippen LogP contribution is -2.47. The van der Waals surface area contributed by atoms with E-state index >= 15 is 0 Å². The Bertz CT molecular complexity index is 1950. The number of halogens is 4. The maximum absolute atomic E-state index is 15.0. The monoisotopic (exact) mass is 704 g/mol. The molecule has 262 valence electrons. The van der Waals surface area contributed by atoms with Crippen molar-refractivity contribution >= 4 is 38.5 Å². The fourth-order valence-electron chi connectivity index (χ4n) is 5.27. The molecule has 0 radical (unpaired) electrons. The second-order valence-electron chi connectivity index (χ2n) is 12.6. The molecule has 2 N–H and O–H groups in total. The van der Waals surface area contributed by atoms with Gasteiger partial charge in [-0.05, 0) is 76.4 Å². The van der Waals surface area contributed by atoms with Crippen molar-refractivity contribution in [3.05, 3.63) is 66.2 Å². The Morgan fingerprint density at radius 1 is 1.04 bits per heavy atom. The molecule has 2 aromatic carbocycles. The average molecular weight is 705 g/mol. The third-order valence-electron chi connectivity index (χ3n) is 7.52. The zero-order valence-corrected chi connectivity index (χ0v) is 28.1. The summed E-state index contributed by atoms with van der Waals surface area (Å²) in [5.41, 5.74) is 0.434. The fourth-order valence-corrected chi connectivity index (χ4v) is 6.39. The number of hydrogen-bond acceptors (Lipinski definition) is 9. The number of ether oxygens (including phenoxy) is 2. The molecule has 0 spiro atoms. The number of anilines is 2. The highest BCUT2D eigenvalue weighted by molar-refractivity contribution is 7.92. The number of carbonyl (C=O) groups is 1. The van der Waals surface area contributed by atoms with Gasteiger partial charge < -0.3 is 19.7 Å². The molecule has 1 aliphatic heterocycles. The maximum Gasteiger partial charge on any atom is 0.410 e. The van der Waals surface area contributed by atoms with Crippen LogP contribution < -0.4 is 14.8 Å². The highest BCUT2D eigenvalue weighted by Gasteiger charge is 2.31. The van der Waals surface area contributed by atoms with E-state index in [9.17, 15) is 30.8 Å². The SMILES string of the molecule is Cc1ccc2c(NS(=O)(=O)CCC(F)(F)F)c(F)ccc2c1Oc1ncccc1-c1ccnc(NC2CCCN(C(=O)OC(C)(C)C)C2)n1. The predicted molar refractivity (Wildman–Crippen MR) is 177 cm³/mol. The van der Waals surface area contributed by atoms with Gasteiger partial charge in [0, 0.05) is 42.3 Å². The first kappa shape index (κ1) is 35.6. The van der Waals surface area contributed by atoms with Gasteiger partial charge in [0.05, 0.1) is 29.1 Å². The van der Waals surface area contributed by atoms with Gasteiger partial charge in [0.25, 0.3) is 0 Å². The lowest BCUT2D eigenvalue weighted by molar-refractivity contribution is -0.129. The zero-order chi connectivity index (χ0) is 35.6. The molecular formula is C33H36F4N6O5S. The minimum absolute atomic E-state index is 0.0788. The largest absolute Gasteiger partial charge is 0.444 e. The van der Waals surface area contributed by atoms with Crippen LogP contribution in [-0.4, -0.2) is 71.0 Å². The van der Waals surface area contributed by atoms with Crippen LogP contribution in [0, 0.1) is 12.7 Å². The van der Waals surface area contributed by atoms with Gasteiger partial charge in [-0.25, -0.2) is 32.6 Å². The zero-order valence-electron chi connectivity index (χ0n) is 27.3. The lowest BCUT2D eigenvalue weighted by Gasteiger charge is -2.34. The first-order valence-corrected chi connectivity index (χ1v) is 17.1. The topological polar surface area (TPSA) is 136 Å². The molecule has 11 nitrogen and oxygen atoms in total. The summed E-state index contributed by atoms with van der Waals surface area (Å²) in [6, 6.07) is 10.4. The molecule has 3 heterocycles. The van der Waals surface area contributed by atoms with Crippen LogP contribution in [0.2, 0.25) is 0 Å². The minimum Gasteiger partial charge on any atom is -0.444 e. The van der Waals surface area contributed by atoms with E-state index in [2.05, 4.69) is 20.3 Å². The number of hydrogen-bond donors (Lipinski definition) is 2. The van der Waals surface area contributed by atoms with Crippen molar-refractivity contribution in [1.82, 2.24) is 19.9 Å². The summed E-state index contributed by atoms with van der Waals surface area (Å²) in [7, 11) is -4.55. The first-order chi connectivity index (χ1) is 23.0. The summed E-state index contributed by atoms with van der Waals surface area (Å²) < 4.78 is 91.8. The van der Waals surface area contributed by atoms with Gasteiger partial charge in [-0.2, -0.15) is 13.2 Å². The van der Waals surface area contributed by atoms with Gasteiger partial charge in [0.1, 0.15) is 17.2 Å². The molecule has 0 bridgehead atoms. The van der Waals surface area contributed by atoms with Gasteiger partial charge in [0.15, 0.2) is 0 Å². The normalized spacial score (nSPS) is 15.6. The third-order valence-corrected chi connectivity index (χ3v) is 8.77. The standard InChI is InChI=1S/C33H36F4N6O5S/c1-20-9-10-22-23(11-12-25(34)27(22)42-49(45,46)18-14-33(35,36)37)28(20)47-29-24(8-5-15-38-29)26-13-16-39-30(41-26)40-21-7-6-17-43(19-21)31(44)48-32(2,3)4/h5,8-13,15-16,21,42H,6-7,14,17-19H2,1-4H3,(H,39,40,41). The summed E-state index contributed by atoms with van der Waals surface area (Å²) in [6.07, 6.45) is -2.05. The number of nitrogens with one attached hydrogen (secondary N) is 2. The van der Waals surface area contributed by atoms with E-state index in [0.717, 1.165) is 18.9 Å². The van der Waals surface area contributed by atoms with Crippen LogP contribution in [0.4, 0.5) is 34.0 Å². The molecule has 5 rings (SSSR count). The number of alkyl halides is 3. The molecule has 1 amide bonds. The van der Waals surface area contributed by atoms with Crippen molar-refractivity contribution in [3.63, 3.8) is 0 Å². The molecule has 16 heteroatoms. The van der Waals surface area contributed by atoms with Gasteiger partial charge >= 0.3 is 12.3 Å². The summed E-state index contributed by atoms with van der Waals surface area (Å²) in [5.74, 6) is -1.55. The quantitative estimate of drug-likeness (QED) is 0.171. The molecule has 1 atom stereocenters. The summed E-state index contributed by atoms with van der Waals surface area (Å²) >= 11 is 0. The molecule has 0 aliphatic carbocycles. The number of aromatic nitrogens is 3. The van der Waals surface area contributed by atoms with E-state index < -0.39 is 45.5 Å². The maximum atomic E-state index is 15.0. The van der Waals surface area contributed by atoms with Crippen LogP contribution in [0.1, 0.15) is 45.6 Å². The van der Waals surface area contributed by atoms with Crippen LogP contribution in [0.3, 0.4) is 0 Å². The van der Waals surface area contributed by atoms with Gasteiger partial charge in [-0.1, -0.05) is 12.1 Å². The number of amides is 1. The second kappa shape index (κ2) is 14.0. The molecule has 49 heavy (non-hydrogen) atoms. The molecule has 0 saturated carbocycles. The molecule has 2 aromatic heterocycles. The van der Waals surface area contributed by atoms with Crippen molar-refractivity contribution < 1.29 is 40.2 Å². The molecule has 1 saturated heterocycles. The van der Waals surface area contributed by atoms with Crippen molar-refractivity contribution in [3.8, 4) is 22.9 Å². The number of fused-ring (bicyclic) bond motifs is 1. The van der Waals surface area contributed by atoms with Crippen molar-refractivity contribution in [1.29, 1.82) is 0 Å². The molecule has 1 unspecified atom stereocenters. The number of rotatable bonds is 9. The molecular weight excluding hydrogens is 668 g/mol. The van der Waals surface area contributed by atoms with Crippen molar-refractivity contribution in [2.24, 2.45) is 0 Å². The van der Waals surface area contributed by atoms with E-state index in [-0.39, 0.29) is 29.2 Å². The Hall–Kier alpha value is -4.73. The highest BCUT2D eigenvalue weighted by Crippen LogP contribution is 2.40. The number of benzene rings is 2. The van der Waals surface area contributed by atoms with Crippen molar-refractivity contribution in [2.75, 3.05) is 28.9 Å². The molecule has 1 aliphatic rings. The number of sulfonamides is 1. The van der Waals surface area contributed by atoms with E-state index in [1.807, 2.05) is 25.5 Å². The smallest absolute Gasteiger partial charge is 0.410 e. The summed E-state index contributed by atoms with van der Waals surface area (Å²) in [4.78, 5) is 27.7. The van der Waals surface area contributed by atoms with Crippen LogP contribution >= 0.6 is 0 Å². The third kappa shape index (κ3) is 9.25. The Labute approximate surface area is 281 Å². The highest BCUT2D eigenvalue weighted by atomic mass is 32.2. The number of likely N-dealkylation sites (tertiary alicyclic amines) is 1. The minimum atomic E-state index is -4.70. The second-order valence-corrected chi connectivity index (χ2v) is 14.5. The Balaban J connectivity index is 1.40. The van der Waals surface area contributed by atoms with E-state index in [1.165, 1.54) is 18.3 Å². The Kier molecular flexibility index (Phi) is 10.2. The van der Waals surface area contributed by atoms with Crippen LogP contribution in [0.5, 0.6) is 11.6 Å². The molecule has 4 aromatic rings. The average Bonchev–Trinajstić information content (AvgIpc) is 3.02. The van der Waals surface area contributed by atoms with Crippen LogP contribution in [-0.2, 0) is 14.8 Å². The number of aryl methyl sites for hydroxylation is 1. The number of carbonyl (C=O) groups excluding carboxylic acids is 1. The number of pyridine rings is 1. The number of piperidine rings is 1. The fraction of sp³-hybridized carbons (Fsp3) is 0.394. The first-order valence-electron chi connectivity index (χ1n) is 15.5. The van der Waals surface area contributed by atoms with Gasteiger partial charge in [0.2, 0.25) is 21.9 Å². The van der Waals surface area contributed by atoms with Crippen LogP contribution in [0.15, 0.2) is 54.9 Å². The summed E-state index contributed by atoms with van der Waals surface area (Å²) in [6.45, 7) is 8.16. The molecule has 1 fully saturated rings.